The predicted molar refractivity (Wildman–Crippen MR) is 97.1 cm³/mol. The van der Waals surface area contributed by atoms with Crippen molar-refractivity contribution in [3.8, 4) is 0 Å². The fourth-order valence-corrected chi connectivity index (χ4v) is 3.71. The summed E-state index contributed by atoms with van der Waals surface area (Å²) in [4.78, 5) is 0. The first kappa shape index (κ1) is 16.7. The zero-order chi connectivity index (χ0) is 14.9. The van der Waals surface area contributed by atoms with Crippen LogP contribution in [-0.2, 0) is 12.8 Å². The van der Waals surface area contributed by atoms with Gasteiger partial charge in [0.25, 0.3) is 0 Å². The topological polar surface area (TPSA) is 12.0 Å². The molecule has 1 unspecified atom stereocenters. The number of thiophene rings is 1. The van der Waals surface area contributed by atoms with Crippen LogP contribution >= 0.6 is 27.3 Å². The Morgan fingerprint density at radius 2 is 2.14 bits per heavy atom. The molecule has 2 rings (SSSR count). The van der Waals surface area contributed by atoms with Crippen LogP contribution in [-0.4, -0.2) is 13.1 Å². The van der Waals surface area contributed by atoms with Crippen molar-refractivity contribution < 1.29 is 0 Å². The summed E-state index contributed by atoms with van der Waals surface area (Å²) in [5, 5.41) is 8.04. The summed E-state index contributed by atoms with van der Waals surface area (Å²) in [6.45, 7) is 4.46. The van der Waals surface area contributed by atoms with E-state index < -0.39 is 0 Å². The summed E-state index contributed by atoms with van der Waals surface area (Å²) in [6, 6.07) is 11.0. The molecule has 0 amide bonds. The van der Waals surface area contributed by atoms with Gasteiger partial charge in [0, 0.05) is 4.47 Å². The fourth-order valence-electron chi connectivity index (χ4n) is 2.56. The van der Waals surface area contributed by atoms with Crippen LogP contribution in [0.3, 0.4) is 0 Å². The lowest BCUT2D eigenvalue weighted by Crippen LogP contribution is -2.25. The number of hydrogen-bond donors (Lipinski definition) is 1. The summed E-state index contributed by atoms with van der Waals surface area (Å²) >= 11 is 5.37. The third kappa shape index (κ3) is 6.33. The van der Waals surface area contributed by atoms with E-state index in [-0.39, 0.29) is 0 Å². The van der Waals surface area contributed by atoms with E-state index >= 15 is 0 Å². The summed E-state index contributed by atoms with van der Waals surface area (Å²) in [6.07, 6.45) is 4.80. The Hall–Kier alpha value is -0.640. The van der Waals surface area contributed by atoms with Crippen LogP contribution in [0.1, 0.15) is 30.9 Å². The molecule has 1 N–H and O–H groups in total. The highest BCUT2D eigenvalue weighted by atomic mass is 79.9. The summed E-state index contributed by atoms with van der Waals surface area (Å²) in [5.41, 5.74) is 2.91. The van der Waals surface area contributed by atoms with Crippen LogP contribution < -0.4 is 5.32 Å². The van der Waals surface area contributed by atoms with Gasteiger partial charge in [0.2, 0.25) is 0 Å². The second-order valence-electron chi connectivity index (χ2n) is 5.57. The maximum Gasteiger partial charge on any atom is 0.0177 e. The molecule has 1 aromatic heterocycles. The lowest BCUT2D eigenvalue weighted by atomic mass is 9.93. The highest BCUT2D eigenvalue weighted by Crippen LogP contribution is 2.19. The normalized spacial score (nSPS) is 12.5. The Labute approximate surface area is 140 Å². The van der Waals surface area contributed by atoms with E-state index in [1.165, 1.54) is 34.9 Å². The van der Waals surface area contributed by atoms with E-state index in [9.17, 15) is 0 Å². The van der Waals surface area contributed by atoms with Crippen LogP contribution in [0, 0.1) is 5.92 Å². The quantitative estimate of drug-likeness (QED) is 0.594. The third-order valence-corrected chi connectivity index (χ3v) is 4.92. The molecule has 1 heterocycles. The summed E-state index contributed by atoms with van der Waals surface area (Å²) in [7, 11) is 0. The first-order chi connectivity index (χ1) is 10.3. The lowest BCUT2D eigenvalue weighted by Gasteiger charge is -2.18. The molecule has 0 radical (unpaired) electrons. The van der Waals surface area contributed by atoms with E-state index in [0.717, 1.165) is 19.5 Å². The standard InChI is InChI=1S/C18H24BrNS/c1-2-9-20-13-17(7-6-15-8-10-21-14-15)11-16-4-3-5-18(19)12-16/h3-5,8,10,12,14,17,20H,2,6-7,9,11,13H2,1H3. The molecular formula is C18H24BrNS. The molecule has 1 aromatic carbocycles. The van der Waals surface area contributed by atoms with Crippen molar-refractivity contribution in [1.82, 2.24) is 5.32 Å². The number of nitrogens with one attached hydrogen (secondary N) is 1. The molecule has 2 aromatic rings. The molecule has 0 aliphatic heterocycles. The molecule has 0 aliphatic rings. The Bertz CT molecular complexity index is 510. The molecule has 0 spiro atoms. The molecule has 0 saturated carbocycles. The Balaban J connectivity index is 1.90. The molecule has 1 atom stereocenters. The van der Waals surface area contributed by atoms with Gasteiger partial charge in [0.05, 0.1) is 0 Å². The zero-order valence-electron chi connectivity index (χ0n) is 12.6. The van der Waals surface area contributed by atoms with Gasteiger partial charge >= 0.3 is 0 Å². The van der Waals surface area contributed by atoms with E-state index in [1.807, 2.05) is 0 Å². The van der Waals surface area contributed by atoms with E-state index in [1.54, 1.807) is 11.3 Å². The number of rotatable bonds is 9. The second kappa shape index (κ2) is 9.39. The minimum atomic E-state index is 0.700. The molecule has 0 bridgehead atoms. The molecule has 1 nitrogen and oxygen atoms in total. The second-order valence-corrected chi connectivity index (χ2v) is 7.27. The van der Waals surface area contributed by atoms with Gasteiger partial charge in [0.15, 0.2) is 0 Å². The maximum absolute atomic E-state index is 3.59. The van der Waals surface area contributed by atoms with Gasteiger partial charge in [-0.05, 0) is 84.8 Å². The van der Waals surface area contributed by atoms with Gasteiger partial charge in [-0.25, -0.2) is 0 Å². The van der Waals surface area contributed by atoms with Crippen LogP contribution in [0.2, 0.25) is 0 Å². The van der Waals surface area contributed by atoms with Gasteiger partial charge < -0.3 is 5.32 Å². The van der Waals surface area contributed by atoms with Crippen molar-refractivity contribution in [2.45, 2.75) is 32.6 Å². The number of halogens is 1. The highest BCUT2D eigenvalue weighted by molar-refractivity contribution is 9.10. The van der Waals surface area contributed by atoms with Gasteiger partial charge in [-0.2, -0.15) is 11.3 Å². The highest BCUT2D eigenvalue weighted by Gasteiger charge is 2.10. The van der Waals surface area contributed by atoms with Crippen molar-refractivity contribution in [2.75, 3.05) is 13.1 Å². The first-order valence-electron chi connectivity index (χ1n) is 7.74. The largest absolute Gasteiger partial charge is 0.316 e. The number of benzene rings is 1. The minimum absolute atomic E-state index is 0.700. The van der Waals surface area contributed by atoms with Gasteiger partial charge in [-0.1, -0.05) is 35.0 Å². The van der Waals surface area contributed by atoms with Crippen LogP contribution in [0.15, 0.2) is 45.6 Å². The van der Waals surface area contributed by atoms with Gasteiger partial charge in [0.1, 0.15) is 0 Å². The van der Waals surface area contributed by atoms with Crippen LogP contribution in [0.5, 0.6) is 0 Å². The minimum Gasteiger partial charge on any atom is -0.316 e. The molecule has 0 aliphatic carbocycles. The van der Waals surface area contributed by atoms with Crippen molar-refractivity contribution in [1.29, 1.82) is 0 Å². The van der Waals surface area contributed by atoms with E-state index in [4.69, 9.17) is 0 Å². The first-order valence-corrected chi connectivity index (χ1v) is 9.47. The summed E-state index contributed by atoms with van der Waals surface area (Å²) < 4.78 is 1.18. The third-order valence-electron chi connectivity index (χ3n) is 3.69. The smallest absolute Gasteiger partial charge is 0.0177 e. The van der Waals surface area contributed by atoms with Gasteiger partial charge in [-0.3, -0.25) is 0 Å². The Morgan fingerprint density at radius 3 is 2.86 bits per heavy atom. The molecule has 21 heavy (non-hydrogen) atoms. The average Bonchev–Trinajstić information content (AvgIpc) is 2.98. The zero-order valence-corrected chi connectivity index (χ0v) is 15.1. The number of hydrogen-bond acceptors (Lipinski definition) is 2. The maximum atomic E-state index is 3.59. The summed E-state index contributed by atoms with van der Waals surface area (Å²) in [5.74, 6) is 0.700. The molecule has 0 fully saturated rings. The van der Waals surface area contributed by atoms with E-state index in [0.29, 0.717) is 5.92 Å². The Kier molecular flexibility index (Phi) is 7.48. The fraction of sp³-hybridized carbons (Fsp3) is 0.444. The average molecular weight is 366 g/mol. The van der Waals surface area contributed by atoms with Crippen molar-refractivity contribution in [3.05, 3.63) is 56.7 Å². The number of aryl methyl sites for hydroxylation is 1. The lowest BCUT2D eigenvalue weighted by molar-refractivity contribution is 0.444. The monoisotopic (exact) mass is 365 g/mol. The van der Waals surface area contributed by atoms with Crippen molar-refractivity contribution in [3.63, 3.8) is 0 Å². The molecule has 3 heteroatoms. The van der Waals surface area contributed by atoms with Crippen molar-refractivity contribution >= 4 is 27.3 Å². The van der Waals surface area contributed by atoms with E-state index in [2.05, 4.69) is 69.3 Å². The van der Waals surface area contributed by atoms with Gasteiger partial charge in [-0.15, -0.1) is 0 Å². The molecule has 114 valence electrons. The van der Waals surface area contributed by atoms with Crippen molar-refractivity contribution in [2.24, 2.45) is 5.92 Å². The SMILES string of the molecule is CCCNCC(CCc1ccsc1)Cc1cccc(Br)c1. The Morgan fingerprint density at radius 1 is 1.24 bits per heavy atom. The molecule has 0 saturated heterocycles. The molecular weight excluding hydrogens is 342 g/mol. The van der Waals surface area contributed by atoms with Crippen LogP contribution in [0.4, 0.5) is 0 Å². The predicted octanol–water partition coefficient (Wildman–Crippen LogP) is 5.30. The van der Waals surface area contributed by atoms with Crippen LogP contribution in [0.25, 0.3) is 0 Å².